The van der Waals surface area contributed by atoms with Gasteiger partial charge >= 0.3 is 5.69 Å². The second kappa shape index (κ2) is 3.53. The minimum absolute atomic E-state index is 0.0534. The van der Waals surface area contributed by atoms with Crippen LogP contribution in [0.3, 0.4) is 0 Å². The standard InChI is InChI=1S/C9H7N3O3/c10-5-7-9(12(13)14)8(3-4-11-7)15-6-1-2-6/h3-4,6H,1-2H2. The summed E-state index contributed by atoms with van der Waals surface area (Å²) in [6, 6.07) is 3.09. The van der Waals surface area contributed by atoms with Gasteiger partial charge in [0.25, 0.3) is 0 Å². The zero-order valence-corrected chi connectivity index (χ0v) is 7.71. The van der Waals surface area contributed by atoms with Crippen LogP contribution in [0.15, 0.2) is 12.3 Å². The van der Waals surface area contributed by atoms with E-state index in [1.54, 1.807) is 6.07 Å². The molecule has 0 radical (unpaired) electrons. The SMILES string of the molecule is N#Cc1nccc(OC2CC2)c1[N+](=O)[O-]. The summed E-state index contributed by atoms with van der Waals surface area (Å²) in [5.41, 5.74) is -0.551. The van der Waals surface area contributed by atoms with Crippen molar-refractivity contribution in [3.8, 4) is 11.8 Å². The topological polar surface area (TPSA) is 89.0 Å². The van der Waals surface area contributed by atoms with Crippen LogP contribution in [0.1, 0.15) is 18.5 Å². The molecule has 0 aromatic carbocycles. The van der Waals surface area contributed by atoms with Crippen molar-refractivity contribution >= 4 is 5.69 Å². The highest BCUT2D eigenvalue weighted by atomic mass is 16.6. The summed E-state index contributed by atoms with van der Waals surface area (Å²) in [5, 5.41) is 19.4. The van der Waals surface area contributed by atoms with E-state index in [4.69, 9.17) is 10.00 Å². The van der Waals surface area contributed by atoms with Crippen molar-refractivity contribution in [2.75, 3.05) is 0 Å². The Bertz CT molecular complexity index is 448. The van der Waals surface area contributed by atoms with Crippen LogP contribution in [0.2, 0.25) is 0 Å². The lowest BCUT2D eigenvalue weighted by Crippen LogP contribution is -2.03. The summed E-state index contributed by atoms with van der Waals surface area (Å²) in [6.45, 7) is 0. The Balaban J connectivity index is 2.42. The maximum atomic E-state index is 10.7. The highest BCUT2D eigenvalue weighted by molar-refractivity contribution is 5.54. The average Bonchev–Trinajstić information content (AvgIpc) is 3.01. The fourth-order valence-corrected chi connectivity index (χ4v) is 1.16. The summed E-state index contributed by atoms with van der Waals surface area (Å²) in [7, 11) is 0. The van der Waals surface area contributed by atoms with Gasteiger partial charge in [-0.3, -0.25) is 10.1 Å². The summed E-state index contributed by atoms with van der Waals surface area (Å²) < 4.78 is 5.33. The zero-order chi connectivity index (χ0) is 10.8. The van der Waals surface area contributed by atoms with Gasteiger partial charge in [0.1, 0.15) is 6.07 Å². The van der Waals surface area contributed by atoms with Gasteiger partial charge in [-0.05, 0) is 12.8 Å². The van der Waals surface area contributed by atoms with Gasteiger partial charge in [-0.25, -0.2) is 4.98 Å². The van der Waals surface area contributed by atoms with Crippen LogP contribution >= 0.6 is 0 Å². The molecule has 2 rings (SSSR count). The van der Waals surface area contributed by atoms with Crippen LogP contribution in [0.5, 0.6) is 5.75 Å². The van der Waals surface area contributed by atoms with Gasteiger partial charge in [-0.2, -0.15) is 5.26 Å². The number of ether oxygens (including phenoxy) is 1. The molecular weight excluding hydrogens is 198 g/mol. The number of rotatable bonds is 3. The molecule has 6 nitrogen and oxygen atoms in total. The van der Waals surface area contributed by atoms with E-state index < -0.39 is 4.92 Å². The van der Waals surface area contributed by atoms with Crippen LogP contribution in [-0.4, -0.2) is 16.0 Å². The molecule has 0 N–H and O–H groups in total. The molecular formula is C9H7N3O3. The van der Waals surface area contributed by atoms with Crippen molar-refractivity contribution in [2.24, 2.45) is 0 Å². The third-order valence-electron chi connectivity index (χ3n) is 1.99. The molecule has 0 amide bonds. The molecule has 1 saturated carbocycles. The van der Waals surface area contributed by atoms with Gasteiger partial charge in [-0.15, -0.1) is 0 Å². The number of pyridine rings is 1. The molecule has 0 unspecified atom stereocenters. The van der Waals surface area contributed by atoms with Gasteiger partial charge in [0, 0.05) is 12.3 Å². The first-order valence-electron chi connectivity index (χ1n) is 4.42. The lowest BCUT2D eigenvalue weighted by molar-refractivity contribution is -0.386. The predicted molar refractivity (Wildman–Crippen MR) is 49.3 cm³/mol. The second-order valence-electron chi connectivity index (χ2n) is 3.19. The molecule has 0 aliphatic heterocycles. The molecule has 0 bridgehead atoms. The lowest BCUT2D eigenvalue weighted by Gasteiger charge is -2.04. The van der Waals surface area contributed by atoms with Crippen molar-refractivity contribution < 1.29 is 9.66 Å². The molecule has 0 saturated heterocycles. The van der Waals surface area contributed by atoms with E-state index in [2.05, 4.69) is 4.98 Å². The van der Waals surface area contributed by atoms with E-state index in [1.807, 2.05) is 0 Å². The average molecular weight is 205 g/mol. The number of hydrogen-bond acceptors (Lipinski definition) is 5. The molecule has 1 heterocycles. The smallest absolute Gasteiger partial charge is 0.347 e. The fourth-order valence-electron chi connectivity index (χ4n) is 1.16. The first-order valence-corrected chi connectivity index (χ1v) is 4.42. The molecule has 1 aromatic rings. The maximum absolute atomic E-state index is 10.7. The minimum Gasteiger partial charge on any atom is -0.483 e. The van der Waals surface area contributed by atoms with Crippen LogP contribution in [0.4, 0.5) is 5.69 Å². The number of nitrogens with zero attached hydrogens (tertiary/aromatic N) is 3. The van der Waals surface area contributed by atoms with Crippen molar-refractivity contribution in [1.29, 1.82) is 5.26 Å². The Morgan fingerprint density at radius 3 is 2.93 bits per heavy atom. The molecule has 76 valence electrons. The first kappa shape index (κ1) is 9.40. The highest BCUT2D eigenvalue weighted by Gasteiger charge is 2.29. The molecule has 0 atom stereocenters. The van der Waals surface area contributed by atoms with Crippen molar-refractivity contribution in [1.82, 2.24) is 4.98 Å². The summed E-state index contributed by atoms with van der Waals surface area (Å²) in [4.78, 5) is 13.7. The Hall–Kier alpha value is -2.16. The number of nitro groups is 1. The third kappa shape index (κ3) is 1.86. The molecule has 6 heteroatoms. The molecule has 1 aliphatic carbocycles. The molecule has 15 heavy (non-hydrogen) atoms. The molecule has 1 aromatic heterocycles. The van der Waals surface area contributed by atoms with Gasteiger partial charge in [-0.1, -0.05) is 0 Å². The number of nitriles is 1. The second-order valence-corrected chi connectivity index (χ2v) is 3.19. The van der Waals surface area contributed by atoms with Crippen LogP contribution in [0.25, 0.3) is 0 Å². The first-order chi connectivity index (χ1) is 7.22. The minimum atomic E-state index is -0.636. The van der Waals surface area contributed by atoms with Crippen molar-refractivity contribution in [3.05, 3.63) is 28.1 Å². The van der Waals surface area contributed by atoms with Gasteiger partial charge in [0.05, 0.1) is 11.0 Å². The zero-order valence-electron chi connectivity index (χ0n) is 7.71. The van der Waals surface area contributed by atoms with E-state index in [-0.39, 0.29) is 23.2 Å². The van der Waals surface area contributed by atoms with Gasteiger partial charge in [0.2, 0.25) is 11.4 Å². The van der Waals surface area contributed by atoms with Crippen LogP contribution in [0, 0.1) is 21.4 Å². The van der Waals surface area contributed by atoms with Gasteiger partial charge in [0.15, 0.2) is 0 Å². The quantitative estimate of drug-likeness (QED) is 0.549. The van der Waals surface area contributed by atoms with Crippen molar-refractivity contribution in [3.63, 3.8) is 0 Å². The molecule has 0 spiro atoms. The van der Waals surface area contributed by atoms with E-state index >= 15 is 0 Å². The summed E-state index contributed by atoms with van der Waals surface area (Å²) in [5.74, 6) is 0.133. The molecule has 1 aliphatic rings. The van der Waals surface area contributed by atoms with E-state index in [1.165, 1.54) is 12.3 Å². The van der Waals surface area contributed by atoms with E-state index in [0.717, 1.165) is 12.8 Å². The van der Waals surface area contributed by atoms with Crippen LogP contribution < -0.4 is 4.74 Å². The van der Waals surface area contributed by atoms with Crippen LogP contribution in [-0.2, 0) is 0 Å². The maximum Gasteiger partial charge on any atom is 0.347 e. The fraction of sp³-hybridized carbons (Fsp3) is 0.333. The monoisotopic (exact) mass is 205 g/mol. The van der Waals surface area contributed by atoms with E-state index in [0.29, 0.717) is 0 Å². The Kier molecular flexibility index (Phi) is 2.21. The van der Waals surface area contributed by atoms with E-state index in [9.17, 15) is 10.1 Å². The third-order valence-corrected chi connectivity index (χ3v) is 1.99. The molecule has 1 fully saturated rings. The Labute approximate surface area is 85.3 Å². The largest absolute Gasteiger partial charge is 0.483 e. The lowest BCUT2D eigenvalue weighted by atomic mass is 10.3. The normalized spacial score (nSPS) is 14.3. The predicted octanol–water partition coefficient (Wildman–Crippen LogP) is 1.40. The van der Waals surface area contributed by atoms with Crippen molar-refractivity contribution in [2.45, 2.75) is 18.9 Å². The number of hydrogen-bond donors (Lipinski definition) is 0. The Morgan fingerprint density at radius 2 is 2.40 bits per heavy atom. The Morgan fingerprint density at radius 1 is 1.67 bits per heavy atom. The summed E-state index contributed by atoms with van der Waals surface area (Å²) in [6.07, 6.45) is 3.20. The summed E-state index contributed by atoms with van der Waals surface area (Å²) >= 11 is 0. The van der Waals surface area contributed by atoms with Gasteiger partial charge < -0.3 is 4.74 Å². The highest BCUT2D eigenvalue weighted by Crippen LogP contribution is 2.34. The number of aromatic nitrogens is 1.